The normalized spacial score (nSPS) is 28.4. The number of nitrogens with zero attached hydrogens (tertiary/aromatic N) is 5. The van der Waals surface area contributed by atoms with Crippen LogP contribution < -0.4 is 19.3 Å². The molecule has 2 aromatic carbocycles. The lowest BCUT2D eigenvalue weighted by Crippen LogP contribution is -2.34. The first kappa shape index (κ1) is 18.9. The molecule has 4 atom stereocenters. The van der Waals surface area contributed by atoms with Crippen LogP contribution in [0.2, 0.25) is 0 Å². The van der Waals surface area contributed by atoms with Gasteiger partial charge in [-0.05, 0) is 36.8 Å². The van der Waals surface area contributed by atoms with Crippen molar-refractivity contribution in [2.45, 2.75) is 18.9 Å². The average Bonchev–Trinajstić information content (AvgIpc) is 3.16. The molecule has 158 valence electrons. The highest BCUT2D eigenvalue weighted by Crippen LogP contribution is 2.83. The van der Waals surface area contributed by atoms with Gasteiger partial charge in [-0.1, -0.05) is 30.3 Å². The van der Waals surface area contributed by atoms with Gasteiger partial charge in [0, 0.05) is 19.5 Å². The third-order valence-electron chi connectivity index (χ3n) is 6.23. The molecule has 3 aromatic rings. The molecule has 0 saturated carbocycles. The van der Waals surface area contributed by atoms with Crippen LogP contribution in [0, 0.1) is 0 Å². The van der Waals surface area contributed by atoms with Gasteiger partial charge in [0.1, 0.15) is 5.82 Å². The average molecular weight is 452 g/mol. The first-order valence-electron chi connectivity index (χ1n) is 10.1. The van der Waals surface area contributed by atoms with Gasteiger partial charge in [-0.15, -0.1) is 0 Å². The third kappa shape index (κ3) is 2.43. The molecule has 8 nitrogen and oxygen atoms in total. The van der Waals surface area contributed by atoms with Crippen molar-refractivity contribution in [3.05, 3.63) is 66.4 Å². The van der Waals surface area contributed by atoms with E-state index in [1.165, 1.54) is 0 Å². The predicted octanol–water partition coefficient (Wildman–Crippen LogP) is 5.46. The molecule has 3 aliphatic heterocycles. The fraction of sp³-hybridized carbons (Fsp3) is 0.238. The summed E-state index contributed by atoms with van der Waals surface area (Å²) in [6.07, 6.45) is 1.70. The minimum atomic E-state index is -3.01. The van der Waals surface area contributed by atoms with E-state index in [1.807, 2.05) is 52.0 Å². The zero-order chi connectivity index (χ0) is 21.5. The van der Waals surface area contributed by atoms with E-state index < -0.39 is 20.6 Å². The van der Waals surface area contributed by atoms with E-state index in [9.17, 15) is 9.13 Å². The Bertz CT molecular complexity index is 1320. The lowest BCUT2D eigenvalue weighted by atomic mass is 10.1. The lowest BCUT2D eigenvalue weighted by molar-refractivity contribution is 0.573. The highest BCUT2D eigenvalue weighted by Gasteiger charge is 2.66. The Morgan fingerprint density at radius 2 is 1.81 bits per heavy atom. The van der Waals surface area contributed by atoms with E-state index in [0.717, 1.165) is 22.6 Å². The second-order valence-electron chi connectivity index (χ2n) is 8.32. The molecule has 6 rings (SSSR count). The van der Waals surface area contributed by atoms with E-state index in [2.05, 4.69) is 29.4 Å². The van der Waals surface area contributed by atoms with Crippen LogP contribution in [0.5, 0.6) is 0 Å². The fourth-order valence-electron chi connectivity index (χ4n) is 4.97. The minimum Gasteiger partial charge on any atom is -0.348 e. The molecule has 1 fully saturated rings. The Morgan fingerprint density at radius 3 is 2.58 bits per heavy atom. The third-order valence-corrected chi connectivity index (χ3v) is 12.9. The van der Waals surface area contributed by atoms with E-state index in [-0.39, 0.29) is 6.04 Å². The largest absolute Gasteiger partial charge is 0.348 e. The van der Waals surface area contributed by atoms with Gasteiger partial charge < -0.3 is 5.32 Å². The molecule has 1 aromatic heterocycles. The van der Waals surface area contributed by atoms with Gasteiger partial charge >= 0.3 is 0 Å². The quantitative estimate of drug-likeness (QED) is 0.523. The van der Waals surface area contributed by atoms with Crippen LogP contribution in [0.25, 0.3) is 0 Å². The van der Waals surface area contributed by atoms with Gasteiger partial charge in [0.2, 0.25) is 13.2 Å². The van der Waals surface area contributed by atoms with Crippen LogP contribution in [0.4, 0.5) is 28.8 Å². The Kier molecular flexibility index (Phi) is 3.73. The van der Waals surface area contributed by atoms with Crippen molar-refractivity contribution in [2.24, 2.45) is 0 Å². The summed E-state index contributed by atoms with van der Waals surface area (Å²) in [7, 11) is -5.99. The number of rotatable bonds is 4. The minimum absolute atomic E-state index is 0.0235. The van der Waals surface area contributed by atoms with Crippen molar-refractivity contribution in [3.63, 3.8) is 0 Å². The van der Waals surface area contributed by atoms with Crippen molar-refractivity contribution >= 4 is 43.6 Å². The summed E-state index contributed by atoms with van der Waals surface area (Å²) in [6.45, 7) is 5.48. The van der Waals surface area contributed by atoms with Gasteiger partial charge in [0.15, 0.2) is 5.91 Å². The Morgan fingerprint density at radius 1 is 1.03 bits per heavy atom. The fourth-order valence-corrected chi connectivity index (χ4v) is 13.0. The van der Waals surface area contributed by atoms with E-state index in [4.69, 9.17) is 4.98 Å². The standard InChI is InChI=1S/C21H22N6O2P2/c1-14(15-7-5-4-6-8-15)23-20-22-12-11-19(24-20)25-17-10-9-16-13-18(17)26-21(25)30(2,28)27(16)31(26,3)29/h4-14,21H,1-3H3,(H,22,23,24)/t14-,21?,30?,31?/m0/s1. The molecule has 1 saturated heterocycles. The maximum atomic E-state index is 14.0. The van der Waals surface area contributed by atoms with Gasteiger partial charge in [0.05, 0.1) is 23.1 Å². The van der Waals surface area contributed by atoms with Crippen LogP contribution in [0.3, 0.4) is 0 Å². The molecule has 10 heteroatoms. The number of fused-ring (bicyclic) bond motifs is 3. The Labute approximate surface area is 180 Å². The van der Waals surface area contributed by atoms with Crippen molar-refractivity contribution in [1.29, 1.82) is 0 Å². The molecule has 31 heavy (non-hydrogen) atoms. The Hall–Kier alpha value is -2.82. The first-order chi connectivity index (χ1) is 14.8. The van der Waals surface area contributed by atoms with Gasteiger partial charge in [-0.25, -0.2) is 4.98 Å². The molecule has 4 heterocycles. The molecule has 0 amide bonds. The molecule has 4 bridgehead atoms. The molecular weight excluding hydrogens is 430 g/mol. The highest BCUT2D eigenvalue weighted by molar-refractivity contribution is 7.87. The Balaban J connectivity index is 1.42. The SMILES string of the molecule is C[C@H](Nc1nccc(N2c3ccc4cc3N3C2P(C)(=O)N4P3(C)=O)n1)c1ccccc1. The summed E-state index contributed by atoms with van der Waals surface area (Å²) in [5, 5.41) is 3.35. The van der Waals surface area contributed by atoms with Crippen LogP contribution in [-0.4, -0.2) is 29.2 Å². The molecule has 0 aliphatic carbocycles. The number of aromatic nitrogens is 2. The second-order valence-corrected chi connectivity index (χ2v) is 13.9. The van der Waals surface area contributed by atoms with E-state index in [0.29, 0.717) is 11.8 Å². The van der Waals surface area contributed by atoms with Crippen molar-refractivity contribution < 1.29 is 9.13 Å². The molecule has 0 spiro atoms. The van der Waals surface area contributed by atoms with E-state index in [1.54, 1.807) is 24.0 Å². The van der Waals surface area contributed by atoms with Gasteiger partial charge in [-0.3, -0.25) is 23.1 Å². The van der Waals surface area contributed by atoms with E-state index >= 15 is 0 Å². The monoisotopic (exact) mass is 452 g/mol. The smallest absolute Gasteiger partial charge is 0.267 e. The van der Waals surface area contributed by atoms with Crippen molar-refractivity contribution in [3.8, 4) is 0 Å². The zero-order valence-electron chi connectivity index (χ0n) is 17.4. The van der Waals surface area contributed by atoms with Crippen LogP contribution >= 0.6 is 14.7 Å². The summed E-state index contributed by atoms with van der Waals surface area (Å²) >= 11 is 0. The number of anilines is 5. The summed E-state index contributed by atoms with van der Waals surface area (Å²) in [5.41, 5.74) is 3.64. The number of nitrogens with one attached hydrogen (secondary N) is 1. The lowest BCUT2D eigenvalue weighted by Gasteiger charge is -2.35. The summed E-state index contributed by atoms with van der Waals surface area (Å²) < 4.78 is 31.1. The molecule has 3 aliphatic rings. The summed E-state index contributed by atoms with van der Waals surface area (Å²) in [5.74, 6) is 0.578. The van der Waals surface area contributed by atoms with Crippen LogP contribution in [-0.2, 0) is 9.13 Å². The maximum absolute atomic E-state index is 14.0. The number of hydrogen-bond acceptors (Lipinski definition) is 6. The zero-order valence-corrected chi connectivity index (χ0v) is 19.2. The topological polar surface area (TPSA) is 81.7 Å². The van der Waals surface area contributed by atoms with Gasteiger partial charge in [-0.2, -0.15) is 4.98 Å². The van der Waals surface area contributed by atoms with Crippen molar-refractivity contribution in [2.75, 3.05) is 32.7 Å². The number of benzene rings is 2. The molecular formula is C21H22N6O2P2. The van der Waals surface area contributed by atoms with Crippen molar-refractivity contribution in [1.82, 2.24) is 9.97 Å². The number of hydrogen-bond donors (Lipinski definition) is 1. The summed E-state index contributed by atoms with van der Waals surface area (Å²) in [6, 6.07) is 17.8. The molecule has 3 unspecified atom stereocenters. The van der Waals surface area contributed by atoms with Gasteiger partial charge in [0.25, 0.3) is 7.44 Å². The van der Waals surface area contributed by atoms with Crippen LogP contribution in [0.1, 0.15) is 18.5 Å². The second kappa shape index (κ2) is 6.12. The highest BCUT2D eigenvalue weighted by atomic mass is 31.2. The maximum Gasteiger partial charge on any atom is 0.267 e. The summed E-state index contributed by atoms with van der Waals surface area (Å²) in [4.78, 5) is 11.1. The molecule has 0 radical (unpaired) electrons. The first-order valence-corrected chi connectivity index (χ1v) is 14.4. The van der Waals surface area contributed by atoms with Crippen LogP contribution in [0.15, 0.2) is 60.8 Å². The predicted molar refractivity (Wildman–Crippen MR) is 125 cm³/mol. The molecule has 1 N–H and O–H groups in total.